The number of rotatable bonds is 3. The molecule has 1 aromatic carbocycles. The van der Waals surface area contributed by atoms with Crippen LogP contribution in [0.25, 0.3) is 0 Å². The van der Waals surface area contributed by atoms with E-state index in [9.17, 15) is 9.18 Å². The summed E-state index contributed by atoms with van der Waals surface area (Å²) in [5.41, 5.74) is 6.07. The molecule has 1 amide bonds. The normalized spacial score (nSPS) is 17.2. The number of aryl methyl sites for hydroxylation is 1. The van der Waals surface area contributed by atoms with Crippen LogP contribution in [0.3, 0.4) is 0 Å². The van der Waals surface area contributed by atoms with Crippen molar-refractivity contribution in [2.45, 2.75) is 38.1 Å². The average molecular weight is 280 g/mol. The van der Waals surface area contributed by atoms with Gasteiger partial charge < -0.3 is 11.1 Å². The van der Waals surface area contributed by atoms with Crippen LogP contribution < -0.4 is 11.1 Å². The molecule has 0 unspecified atom stereocenters. The Morgan fingerprint density at radius 2 is 2.05 bits per heavy atom. The Labute approximate surface area is 117 Å². The zero-order valence-corrected chi connectivity index (χ0v) is 11.6. The summed E-state index contributed by atoms with van der Waals surface area (Å²) in [4.78, 5) is 12.6. The van der Waals surface area contributed by atoms with Crippen molar-refractivity contribution >= 4 is 23.1 Å². The van der Waals surface area contributed by atoms with Gasteiger partial charge in [-0.05, 0) is 43.5 Å². The van der Waals surface area contributed by atoms with E-state index in [0.29, 0.717) is 16.1 Å². The van der Waals surface area contributed by atoms with Crippen LogP contribution in [-0.2, 0) is 0 Å². The molecule has 1 fully saturated rings. The summed E-state index contributed by atoms with van der Waals surface area (Å²) in [7, 11) is 0. The number of hydrogen-bond acceptors (Lipinski definition) is 2. The molecule has 0 bridgehead atoms. The van der Waals surface area contributed by atoms with Crippen molar-refractivity contribution in [1.29, 1.82) is 0 Å². The van der Waals surface area contributed by atoms with Gasteiger partial charge in [-0.3, -0.25) is 4.79 Å². The predicted molar refractivity (Wildman–Crippen MR) is 76.6 cm³/mol. The Kier molecular flexibility index (Phi) is 3.85. The van der Waals surface area contributed by atoms with Crippen LogP contribution in [0.4, 0.5) is 4.39 Å². The summed E-state index contributed by atoms with van der Waals surface area (Å²) in [6, 6.07) is 4.30. The van der Waals surface area contributed by atoms with Crippen LogP contribution in [0.5, 0.6) is 0 Å². The molecule has 0 radical (unpaired) electrons. The van der Waals surface area contributed by atoms with Crippen molar-refractivity contribution in [1.82, 2.24) is 5.32 Å². The highest BCUT2D eigenvalue weighted by atomic mass is 32.1. The topological polar surface area (TPSA) is 55.1 Å². The number of thiocarbonyl (C=S) groups is 1. The van der Waals surface area contributed by atoms with Crippen LogP contribution in [0.2, 0.25) is 0 Å². The van der Waals surface area contributed by atoms with Gasteiger partial charge in [0.05, 0.1) is 10.5 Å². The molecule has 0 atom stereocenters. The van der Waals surface area contributed by atoms with Gasteiger partial charge in [-0.2, -0.15) is 0 Å². The third-order valence-corrected chi connectivity index (χ3v) is 4.09. The molecule has 0 spiro atoms. The van der Waals surface area contributed by atoms with E-state index in [-0.39, 0.29) is 11.7 Å². The first-order chi connectivity index (χ1) is 8.94. The lowest BCUT2D eigenvalue weighted by Gasteiger charge is -2.29. The summed E-state index contributed by atoms with van der Waals surface area (Å²) in [5, 5.41) is 2.93. The van der Waals surface area contributed by atoms with Gasteiger partial charge in [0.2, 0.25) is 0 Å². The van der Waals surface area contributed by atoms with E-state index in [1.54, 1.807) is 6.92 Å². The predicted octanol–water partition coefficient (Wildman–Crippen LogP) is 2.46. The summed E-state index contributed by atoms with van der Waals surface area (Å²) >= 11 is 5.09. The van der Waals surface area contributed by atoms with Crippen LogP contribution in [0.15, 0.2) is 18.2 Å². The standard InChI is InChI=1S/C14H17FN2OS/c1-9-8-10(4-5-11(9)15)12(18)17-14(13(16)19)6-2-3-7-14/h4-5,8H,2-3,6-7H2,1H3,(H2,16,19)(H,17,18). The number of nitrogens with one attached hydrogen (secondary N) is 1. The first-order valence-electron chi connectivity index (χ1n) is 6.33. The number of carbonyl (C=O) groups is 1. The first-order valence-corrected chi connectivity index (χ1v) is 6.74. The van der Waals surface area contributed by atoms with Crippen LogP contribution >= 0.6 is 12.2 Å². The van der Waals surface area contributed by atoms with E-state index in [4.69, 9.17) is 18.0 Å². The van der Waals surface area contributed by atoms with Crippen LogP contribution in [0, 0.1) is 12.7 Å². The maximum absolute atomic E-state index is 13.2. The Balaban J connectivity index is 2.20. The molecule has 1 aliphatic carbocycles. The Morgan fingerprint density at radius 1 is 1.42 bits per heavy atom. The summed E-state index contributed by atoms with van der Waals surface area (Å²) in [6.45, 7) is 1.63. The number of benzene rings is 1. The second-order valence-corrected chi connectivity index (χ2v) is 5.51. The zero-order valence-electron chi connectivity index (χ0n) is 10.8. The van der Waals surface area contributed by atoms with E-state index in [1.165, 1.54) is 18.2 Å². The van der Waals surface area contributed by atoms with Gasteiger partial charge in [-0.15, -0.1) is 0 Å². The Hall–Kier alpha value is -1.49. The highest BCUT2D eigenvalue weighted by Gasteiger charge is 2.38. The van der Waals surface area contributed by atoms with E-state index in [2.05, 4.69) is 5.32 Å². The number of hydrogen-bond donors (Lipinski definition) is 2. The van der Waals surface area contributed by atoms with Crippen molar-refractivity contribution in [2.75, 3.05) is 0 Å². The van der Waals surface area contributed by atoms with Gasteiger partial charge >= 0.3 is 0 Å². The Bertz CT molecular complexity index is 524. The number of carbonyl (C=O) groups excluding carboxylic acids is 1. The molecule has 19 heavy (non-hydrogen) atoms. The highest BCUT2D eigenvalue weighted by Crippen LogP contribution is 2.30. The van der Waals surface area contributed by atoms with Gasteiger partial charge in [0, 0.05) is 5.56 Å². The largest absolute Gasteiger partial charge is 0.391 e. The van der Waals surface area contributed by atoms with E-state index < -0.39 is 5.54 Å². The molecule has 1 saturated carbocycles. The molecule has 102 valence electrons. The van der Waals surface area contributed by atoms with Crippen LogP contribution in [0.1, 0.15) is 41.6 Å². The lowest BCUT2D eigenvalue weighted by molar-refractivity contribution is 0.0924. The summed E-state index contributed by atoms with van der Waals surface area (Å²) in [5.74, 6) is -0.570. The van der Waals surface area contributed by atoms with Gasteiger partial charge in [0.1, 0.15) is 5.82 Å². The van der Waals surface area contributed by atoms with Gasteiger partial charge in [-0.1, -0.05) is 25.1 Å². The van der Waals surface area contributed by atoms with Crippen molar-refractivity contribution in [3.05, 3.63) is 35.1 Å². The van der Waals surface area contributed by atoms with Gasteiger partial charge in [-0.25, -0.2) is 4.39 Å². The minimum Gasteiger partial charge on any atom is -0.391 e. The lowest BCUT2D eigenvalue weighted by atomic mass is 9.96. The van der Waals surface area contributed by atoms with Gasteiger partial charge in [0.15, 0.2) is 0 Å². The summed E-state index contributed by atoms with van der Waals surface area (Å²) in [6.07, 6.45) is 3.54. The molecule has 0 aliphatic heterocycles. The molecule has 5 heteroatoms. The molecule has 0 heterocycles. The number of amides is 1. The second-order valence-electron chi connectivity index (χ2n) is 5.07. The molecular formula is C14H17FN2OS. The molecule has 1 aromatic rings. The Morgan fingerprint density at radius 3 is 2.58 bits per heavy atom. The van der Waals surface area contributed by atoms with Crippen molar-refractivity contribution in [2.24, 2.45) is 5.73 Å². The van der Waals surface area contributed by atoms with E-state index >= 15 is 0 Å². The minimum atomic E-state index is -0.575. The number of nitrogens with two attached hydrogens (primary N) is 1. The third-order valence-electron chi connectivity index (χ3n) is 3.70. The fourth-order valence-corrected chi connectivity index (χ4v) is 2.74. The third kappa shape index (κ3) is 2.76. The molecule has 0 saturated heterocycles. The average Bonchev–Trinajstić information content (AvgIpc) is 2.82. The van der Waals surface area contributed by atoms with Gasteiger partial charge in [0.25, 0.3) is 5.91 Å². The maximum Gasteiger partial charge on any atom is 0.252 e. The number of halogens is 1. The molecule has 3 nitrogen and oxygen atoms in total. The van der Waals surface area contributed by atoms with E-state index in [1.807, 2.05) is 0 Å². The minimum absolute atomic E-state index is 0.252. The quantitative estimate of drug-likeness (QED) is 0.836. The fourth-order valence-electron chi connectivity index (χ4n) is 2.49. The highest BCUT2D eigenvalue weighted by molar-refractivity contribution is 7.80. The first kappa shape index (κ1) is 13.9. The SMILES string of the molecule is Cc1cc(C(=O)NC2(C(N)=S)CCCC2)ccc1F. The molecule has 0 aromatic heterocycles. The monoisotopic (exact) mass is 280 g/mol. The maximum atomic E-state index is 13.2. The van der Waals surface area contributed by atoms with E-state index in [0.717, 1.165) is 25.7 Å². The van der Waals surface area contributed by atoms with Crippen LogP contribution in [-0.4, -0.2) is 16.4 Å². The molecular weight excluding hydrogens is 263 g/mol. The second kappa shape index (κ2) is 5.25. The fraction of sp³-hybridized carbons (Fsp3) is 0.429. The molecule has 3 N–H and O–H groups in total. The smallest absolute Gasteiger partial charge is 0.252 e. The lowest BCUT2D eigenvalue weighted by Crippen LogP contribution is -2.54. The zero-order chi connectivity index (χ0) is 14.0. The molecule has 1 aliphatic rings. The molecule has 2 rings (SSSR count). The van der Waals surface area contributed by atoms with Crippen molar-refractivity contribution in [3.63, 3.8) is 0 Å². The van der Waals surface area contributed by atoms with Crippen molar-refractivity contribution in [3.8, 4) is 0 Å². The van der Waals surface area contributed by atoms with Crippen molar-refractivity contribution < 1.29 is 9.18 Å². The summed E-state index contributed by atoms with van der Waals surface area (Å²) < 4.78 is 13.2.